The Balaban J connectivity index is 1.62. The maximum atomic E-state index is 12.3. The SMILES string of the molecule is COC(=O)c1ccc(Cl)cc1NC(=O)NCc1ccnc(N2CCCCCC2)c1. The molecule has 0 aliphatic carbocycles. The predicted octanol–water partition coefficient (Wildman–Crippen LogP) is 4.22. The van der Waals surface area contributed by atoms with E-state index < -0.39 is 12.0 Å². The second-order valence-electron chi connectivity index (χ2n) is 6.91. The Hall–Kier alpha value is -2.80. The van der Waals surface area contributed by atoms with Crippen LogP contribution in [-0.2, 0) is 11.3 Å². The van der Waals surface area contributed by atoms with E-state index in [0.717, 1.165) is 24.5 Å². The smallest absolute Gasteiger partial charge is 0.339 e. The van der Waals surface area contributed by atoms with Gasteiger partial charge in [-0.05, 0) is 48.7 Å². The molecular formula is C21H25ClN4O3. The summed E-state index contributed by atoms with van der Waals surface area (Å²) in [4.78, 5) is 31.0. The minimum absolute atomic E-state index is 0.236. The zero-order chi connectivity index (χ0) is 20.6. The van der Waals surface area contributed by atoms with Gasteiger partial charge in [-0.25, -0.2) is 14.6 Å². The zero-order valence-corrected chi connectivity index (χ0v) is 17.2. The first-order valence-corrected chi connectivity index (χ1v) is 10.1. The molecule has 0 radical (unpaired) electrons. The largest absolute Gasteiger partial charge is 0.465 e. The van der Waals surface area contributed by atoms with E-state index >= 15 is 0 Å². The summed E-state index contributed by atoms with van der Waals surface area (Å²) in [6.07, 6.45) is 6.63. The third-order valence-electron chi connectivity index (χ3n) is 4.83. The maximum Gasteiger partial charge on any atom is 0.339 e. The van der Waals surface area contributed by atoms with Crippen LogP contribution in [0.2, 0.25) is 5.02 Å². The van der Waals surface area contributed by atoms with Gasteiger partial charge in [-0.2, -0.15) is 0 Å². The molecule has 0 atom stereocenters. The second-order valence-corrected chi connectivity index (χ2v) is 7.35. The average molecular weight is 417 g/mol. The molecule has 8 heteroatoms. The minimum atomic E-state index is -0.548. The van der Waals surface area contributed by atoms with Crippen molar-refractivity contribution in [3.05, 3.63) is 52.7 Å². The van der Waals surface area contributed by atoms with Crippen molar-refractivity contribution in [2.24, 2.45) is 0 Å². The summed E-state index contributed by atoms with van der Waals surface area (Å²) in [6.45, 7) is 2.36. The molecule has 1 aromatic heterocycles. The number of anilines is 2. The van der Waals surface area contributed by atoms with Crippen LogP contribution in [0.15, 0.2) is 36.5 Å². The first-order valence-electron chi connectivity index (χ1n) is 9.69. The highest BCUT2D eigenvalue weighted by molar-refractivity contribution is 6.31. The van der Waals surface area contributed by atoms with Gasteiger partial charge in [0.05, 0.1) is 18.4 Å². The van der Waals surface area contributed by atoms with E-state index in [1.54, 1.807) is 12.3 Å². The number of ether oxygens (including phenoxy) is 1. The Kier molecular flexibility index (Phi) is 7.30. The summed E-state index contributed by atoms with van der Waals surface area (Å²) in [5, 5.41) is 5.87. The molecule has 1 saturated heterocycles. The van der Waals surface area contributed by atoms with E-state index in [2.05, 4.69) is 20.5 Å². The number of amides is 2. The highest BCUT2D eigenvalue weighted by atomic mass is 35.5. The monoisotopic (exact) mass is 416 g/mol. The number of aromatic nitrogens is 1. The van der Waals surface area contributed by atoms with Crippen LogP contribution < -0.4 is 15.5 Å². The van der Waals surface area contributed by atoms with Crippen LogP contribution in [-0.4, -0.2) is 37.2 Å². The highest BCUT2D eigenvalue weighted by Crippen LogP contribution is 2.22. The van der Waals surface area contributed by atoms with Crippen molar-refractivity contribution in [3.8, 4) is 0 Å². The van der Waals surface area contributed by atoms with Crippen LogP contribution in [0.3, 0.4) is 0 Å². The van der Waals surface area contributed by atoms with Gasteiger partial charge in [0.2, 0.25) is 0 Å². The Morgan fingerprint density at radius 1 is 1.14 bits per heavy atom. The zero-order valence-electron chi connectivity index (χ0n) is 16.4. The van der Waals surface area contributed by atoms with E-state index in [9.17, 15) is 9.59 Å². The van der Waals surface area contributed by atoms with Gasteiger partial charge in [-0.15, -0.1) is 0 Å². The van der Waals surface area contributed by atoms with Gasteiger partial charge in [0, 0.05) is 30.9 Å². The summed E-state index contributed by atoms with van der Waals surface area (Å²) in [5.74, 6) is 0.391. The lowest BCUT2D eigenvalue weighted by Gasteiger charge is -2.21. The molecule has 0 spiro atoms. The van der Waals surface area contributed by atoms with Gasteiger partial charge < -0.3 is 20.3 Å². The second kappa shape index (κ2) is 10.1. The summed E-state index contributed by atoms with van der Waals surface area (Å²) in [7, 11) is 1.28. The molecule has 29 heavy (non-hydrogen) atoms. The molecule has 2 amide bonds. The van der Waals surface area contributed by atoms with Crippen LogP contribution >= 0.6 is 11.6 Å². The number of hydrogen-bond donors (Lipinski definition) is 2. The quantitative estimate of drug-likeness (QED) is 0.713. The Labute approximate surface area is 175 Å². The molecule has 7 nitrogen and oxygen atoms in total. The third-order valence-corrected chi connectivity index (χ3v) is 5.06. The van der Waals surface area contributed by atoms with Crippen molar-refractivity contribution in [1.82, 2.24) is 10.3 Å². The Bertz CT molecular complexity index is 867. The first kappa shape index (κ1) is 20.9. The van der Waals surface area contributed by atoms with Gasteiger partial charge in [-0.3, -0.25) is 0 Å². The molecule has 2 aromatic rings. The van der Waals surface area contributed by atoms with E-state index in [4.69, 9.17) is 16.3 Å². The number of pyridine rings is 1. The molecule has 2 heterocycles. The predicted molar refractivity (Wildman–Crippen MR) is 114 cm³/mol. The highest BCUT2D eigenvalue weighted by Gasteiger charge is 2.15. The number of halogens is 1. The summed E-state index contributed by atoms with van der Waals surface area (Å²) >= 11 is 5.99. The molecule has 1 fully saturated rings. The molecule has 1 aliphatic rings. The van der Waals surface area contributed by atoms with E-state index in [1.807, 2.05) is 12.1 Å². The fourth-order valence-corrected chi connectivity index (χ4v) is 3.47. The van der Waals surface area contributed by atoms with E-state index in [0.29, 0.717) is 17.3 Å². The number of methoxy groups -OCH3 is 1. The van der Waals surface area contributed by atoms with Crippen molar-refractivity contribution in [2.45, 2.75) is 32.2 Å². The summed E-state index contributed by atoms with van der Waals surface area (Å²) in [6, 6.07) is 8.03. The number of carbonyl (C=O) groups is 2. The van der Waals surface area contributed by atoms with Crippen LogP contribution in [0.25, 0.3) is 0 Å². The van der Waals surface area contributed by atoms with Crippen LogP contribution in [0, 0.1) is 0 Å². The number of benzene rings is 1. The van der Waals surface area contributed by atoms with E-state index in [1.165, 1.54) is 44.9 Å². The number of rotatable bonds is 5. The third kappa shape index (κ3) is 5.84. The van der Waals surface area contributed by atoms with Crippen molar-refractivity contribution in [1.29, 1.82) is 0 Å². The van der Waals surface area contributed by atoms with Crippen molar-refractivity contribution >= 4 is 35.1 Å². The van der Waals surface area contributed by atoms with Crippen LogP contribution in [0.5, 0.6) is 0 Å². The lowest BCUT2D eigenvalue weighted by Crippen LogP contribution is -2.29. The number of esters is 1. The standard InChI is InChI=1S/C21H25ClN4O3/c1-29-20(27)17-7-6-16(22)13-18(17)25-21(28)24-14-15-8-9-23-19(12-15)26-10-4-2-3-5-11-26/h6-9,12-13H,2-5,10-11,14H2,1H3,(H2,24,25,28). The van der Waals surface area contributed by atoms with E-state index in [-0.39, 0.29) is 5.56 Å². The van der Waals surface area contributed by atoms with Gasteiger partial charge in [0.25, 0.3) is 0 Å². The number of urea groups is 1. The molecule has 0 bridgehead atoms. The first-order chi connectivity index (χ1) is 14.1. The molecule has 154 valence electrons. The average Bonchev–Trinajstić information content (AvgIpc) is 3.02. The molecule has 2 N–H and O–H groups in total. The van der Waals surface area contributed by atoms with Crippen molar-refractivity contribution in [3.63, 3.8) is 0 Å². The summed E-state index contributed by atoms with van der Waals surface area (Å²) in [5.41, 5.74) is 1.48. The topological polar surface area (TPSA) is 83.6 Å². The molecule has 0 unspecified atom stereocenters. The normalized spacial score (nSPS) is 14.1. The van der Waals surface area contributed by atoms with Crippen molar-refractivity contribution < 1.29 is 14.3 Å². The molecule has 3 rings (SSSR count). The maximum absolute atomic E-state index is 12.3. The van der Waals surface area contributed by atoms with Gasteiger partial charge in [0.15, 0.2) is 0 Å². The fourth-order valence-electron chi connectivity index (χ4n) is 3.30. The molecule has 1 aromatic carbocycles. The Morgan fingerprint density at radius 3 is 2.62 bits per heavy atom. The summed E-state index contributed by atoms with van der Waals surface area (Å²) < 4.78 is 4.74. The molecule has 1 aliphatic heterocycles. The number of carbonyl (C=O) groups excluding carboxylic acids is 2. The van der Waals surface area contributed by atoms with Gasteiger partial charge in [-0.1, -0.05) is 24.4 Å². The number of nitrogens with zero attached hydrogens (tertiary/aromatic N) is 2. The van der Waals surface area contributed by atoms with Gasteiger partial charge in [0.1, 0.15) is 5.82 Å². The van der Waals surface area contributed by atoms with Crippen molar-refractivity contribution in [2.75, 3.05) is 30.4 Å². The Morgan fingerprint density at radius 2 is 1.90 bits per heavy atom. The fraction of sp³-hybridized carbons (Fsp3) is 0.381. The minimum Gasteiger partial charge on any atom is -0.465 e. The lowest BCUT2D eigenvalue weighted by atomic mass is 10.2. The van der Waals surface area contributed by atoms with Gasteiger partial charge >= 0.3 is 12.0 Å². The lowest BCUT2D eigenvalue weighted by molar-refractivity contribution is 0.0602. The number of hydrogen-bond acceptors (Lipinski definition) is 5. The van der Waals surface area contributed by atoms with Crippen LogP contribution in [0.4, 0.5) is 16.3 Å². The molecular weight excluding hydrogens is 392 g/mol. The molecule has 0 saturated carbocycles. The number of nitrogens with one attached hydrogen (secondary N) is 2. The van der Waals surface area contributed by atoms with Crippen LogP contribution in [0.1, 0.15) is 41.6 Å².